The summed E-state index contributed by atoms with van der Waals surface area (Å²) in [4.78, 5) is 13.9. The molecule has 1 aliphatic heterocycles. The molecular weight excluding hydrogens is 269 g/mol. The van der Waals surface area contributed by atoms with Gasteiger partial charge in [0.2, 0.25) is 0 Å². The number of fused-ring (bicyclic) bond motifs is 1. The number of carbonyl (C=O) groups excluding carboxylic acids is 1. The van der Waals surface area contributed by atoms with Crippen molar-refractivity contribution in [3.63, 3.8) is 0 Å². The Morgan fingerprint density at radius 2 is 2.10 bits per heavy atom. The molecule has 3 N–H and O–H groups in total. The van der Waals surface area contributed by atoms with Crippen molar-refractivity contribution < 1.29 is 9.18 Å². The largest absolute Gasteiger partial charge is 0.367 e. The quantitative estimate of drug-likeness (QED) is 0.515. The maximum Gasteiger partial charge on any atom is 0.265 e. The number of amides is 1. The van der Waals surface area contributed by atoms with Crippen LogP contribution in [-0.4, -0.2) is 12.5 Å². The highest BCUT2D eigenvalue weighted by molar-refractivity contribution is 5.95. The molecule has 0 bridgehead atoms. The predicted octanol–water partition coefficient (Wildman–Crippen LogP) is 1.99. The van der Waals surface area contributed by atoms with Gasteiger partial charge in [-0.1, -0.05) is 24.3 Å². The van der Waals surface area contributed by atoms with Crippen LogP contribution in [0.25, 0.3) is 0 Å². The van der Waals surface area contributed by atoms with Gasteiger partial charge in [0.1, 0.15) is 5.82 Å². The number of carbonyl (C=O) groups is 1. The van der Waals surface area contributed by atoms with Gasteiger partial charge in [-0.2, -0.15) is 0 Å². The molecular formula is C16H16FN3O. The van der Waals surface area contributed by atoms with E-state index in [9.17, 15) is 9.18 Å². The second-order valence-electron chi connectivity index (χ2n) is 5.08. The van der Waals surface area contributed by atoms with Crippen molar-refractivity contribution in [2.45, 2.75) is 13.0 Å². The number of anilines is 1. The van der Waals surface area contributed by atoms with E-state index in [-0.39, 0.29) is 11.7 Å². The van der Waals surface area contributed by atoms with Crippen LogP contribution >= 0.6 is 0 Å². The van der Waals surface area contributed by atoms with Crippen LogP contribution in [0.2, 0.25) is 0 Å². The molecule has 2 aromatic rings. The van der Waals surface area contributed by atoms with Crippen molar-refractivity contribution in [2.75, 3.05) is 11.4 Å². The minimum atomic E-state index is -0.315. The summed E-state index contributed by atoms with van der Waals surface area (Å²) < 4.78 is 13.4. The topological polar surface area (TPSA) is 58.4 Å². The molecule has 108 valence electrons. The highest BCUT2D eigenvalue weighted by Crippen LogP contribution is 2.30. The standard InChI is InChI=1S/C16H16FN3O/c17-13-6-5-11-7-8-20(15(11)9-13)10-12-3-1-2-4-14(12)16(21)19-18/h1-6,9H,7-8,10,18H2,(H,19,21). The van der Waals surface area contributed by atoms with E-state index < -0.39 is 0 Å². The summed E-state index contributed by atoms with van der Waals surface area (Å²) in [7, 11) is 0. The Morgan fingerprint density at radius 1 is 1.29 bits per heavy atom. The number of nitrogen functional groups attached to an aromatic ring is 1. The molecule has 1 heterocycles. The Balaban J connectivity index is 1.90. The van der Waals surface area contributed by atoms with Gasteiger partial charge in [-0.05, 0) is 35.7 Å². The molecule has 4 nitrogen and oxygen atoms in total. The lowest BCUT2D eigenvalue weighted by Gasteiger charge is -2.21. The highest BCUT2D eigenvalue weighted by Gasteiger charge is 2.21. The Morgan fingerprint density at radius 3 is 2.90 bits per heavy atom. The van der Waals surface area contributed by atoms with Gasteiger partial charge in [0.15, 0.2) is 0 Å². The predicted molar refractivity (Wildman–Crippen MR) is 79.2 cm³/mol. The van der Waals surface area contributed by atoms with E-state index in [1.54, 1.807) is 18.2 Å². The molecule has 0 saturated carbocycles. The second-order valence-corrected chi connectivity index (χ2v) is 5.08. The Hall–Kier alpha value is -2.40. The van der Waals surface area contributed by atoms with Crippen molar-refractivity contribution in [3.8, 4) is 0 Å². The Bertz CT molecular complexity index is 687. The number of hydrogen-bond donors (Lipinski definition) is 2. The normalized spacial score (nSPS) is 13.1. The molecule has 0 unspecified atom stereocenters. The Labute approximate surface area is 122 Å². The van der Waals surface area contributed by atoms with Crippen LogP contribution in [0.5, 0.6) is 0 Å². The van der Waals surface area contributed by atoms with E-state index in [0.717, 1.165) is 29.8 Å². The first-order valence-electron chi connectivity index (χ1n) is 6.81. The van der Waals surface area contributed by atoms with Gasteiger partial charge < -0.3 is 4.90 Å². The molecule has 1 amide bonds. The maximum absolute atomic E-state index is 13.4. The third-order valence-corrected chi connectivity index (χ3v) is 3.79. The van der Waals surface area contributed by atoms with E-state index in [1.807, 2.05) is 18.2 Å². The number of benzene rings is 2. The number of rotatable bonds is 3. The van der Waals surface area contributed by atoms with Gasteiger partial charge >= 0.3 is 0 Å². The minimum Gasteiger partial charge on any atom is -0.367 e. The lowest BCUT2D eigenvalue weighted by atomic mass is 10.1. The summed E-state index contributed by atoms with van der Waals surface area (Å²) in [6.07, 6.45) is 0.890. The summed E-state index contributed by atoms with van der Waals surface area (Å²) in [6, 6.07) is 12.2. The molecule has 2 aromatic carbocycles. The van der Waals surface area contributed by atoms with E-state index in [4.69, 9.17) is 5.84 Å². The first kappa shape index (κ1) is 13.6. The number of hydrogen-bond acceptors (Lipinski definition) is 3. The van der Waals surface area contributed by atoms with Crippen molar-refractivity contribution >= 4 is 11.6 Å². The monoisotopic (exact) mass is 285 g/mol. The van der Waals surface area contributed by atoms with Crippen molar-refractivity contribution in [3.05, 3.63) is 65.0 Å². The van der Waals surface area contributed by atoms with Crippen molar-refractivity contribution in [1.29, 1.82) is 0 Å². The van der Waals surface area contributed by atoms with Gasteiger partial charge in [-0.3, -0.25) is 10.2 Å². The molecule has 21 heavy (non-hydrogen) atoms. The van der Waals surface area contributed by atoms with Gasteiger partial charge in [0.05, 0.1) is 0 Å². The van der Waals surface area contributed by atoms with Gasteiger partial charge in [-0.25, -0.2) is 10.2 Å². The third kappa shape index (κ3) is 2.60. The molecule has 0 radical (unpaired) electrons. The zero-order valence-electron chi connectivity index (χ0n) is 11.5. The molecule has 1 aliphatic rings. The number of halogens is 1. The van der Waals surface area contributed by atoms with E-state index in [1.165, 1.54) is 6.07 Å². The minimum absolute atomic E-state index is 0.242. The average molecular weight is 285 g/mol. The highest BCUT2D eigenvalue weighted by atomic mass is 19.1. The summed E-state index contributed by atoms with van der Waals surface area (Å²) in [5, 5.41) is 0. The summed E-state index contributed by atoms with van der Waals surface area (Å²) in [6.45, 7) is 1.37. The number of hydrazine groups is 1. The number of nitrogens with two attached hydrogens (primary N) is 1. The first-order valence-corrected chi connectivity index (χ1v) is 6.81. The molecule has 0 aliphatic carbocycles. The average Bonchev–Trinajstić information content (AvgIpc) is 2.89. The van der Waals surface area contributed by atoms with Crippen LogP contribution in [0.3, 0.4) is 0 Å². The van der Waals surface area contributed by atoms with Crippen LogP contribution in [-0.2, 0) is 13.0 Å². The summed E-state index contributed by atoms with van der Waals surface area (Å²) in [5.74, 6) is 4.66. The van der Waals surface area contributed by atoms with Crippen LogP contribution in [0.4, 0.5) is 10.1 Å². The van der Waals surface area contributed by atoms with E-state index >= 15 is 0 Å². The first-order chi connectivity index (χ1) is 10.2. The number of nitrogens with zero attached hydrogens (tertiary/aromatic N) is 1. The van der Waals surface area contributed by atoms with Crippen LogP contribution in [0.1, 0.15) is 21.5 Å². The summed E-state index contributed by atoms with van der Waals surface area (Å²) >= 11 is 0. The zero-order valence-corrected chi connectivity index (χ0v) is 11.5. The third-order valence-electron chi connectivity index (χ3n) is 3.79. The molecule has 5 heteroatoms. The summed E-state index contributed by atoms with van der Waals surface area (Å²) in [5.41, 5.74) is 5.61. The lowest BCUT2D eigenvalue weighted by Crippen LogP contribution is -2.31. The fraction of sp³-hybridized carbons (Fsp3) is 0.188. The van der Waals surface area contributed by atoms with Gasteiger partial charge in [-0.15, -0.1) is 0 Å². The molecule has 0 saturated heterocycles. The molecule has 0 fully saturated rings. The smallest absolute Gasteiger partial charge is 0.265 e. The molecule has 0 atom stereocenters. The number of nitrogens with one attached hydrogen (secondary N) is 1. The fourth-order valence-corrected chi connectivity index (χ4v) is 2.75. The Kier molecular flexibility index (Phi) is 3.58. The van der Waals surface area contributed by atoms with Crippen molar-refractivity contribution in [1.82, 2.24) is 5.43 Å². The van der Waals surface area contributed by atoms with Crippen molar-refractivity contribution in [2.24, 2.45) is 5.84 Å². The zero-order chi connectivity index (χ0) is 14.8. The van der Waals surface area contributed by atoms with Crippen LogP contribution < -0.4 is 16.2 Å². The molecule has 0 spiro atoms. The van der Waals surface area contributed by atoms with Crippen LogP contribution in [0.15, 0.2) is 42.5 Å². The fourth-order valence-electron chi connectivity index (χ4n) is 2.75. The van der Waals surface area contributed by atoms with E-state index in [2.05, 4.69) is 10.3 Å². The van der Waals surface area contributed by atoms with E-state index in [0.29, 0.717) is 12.1 Å². The van der Waals surface area contributed by atoms with Gasteiger partial charge in [0.25, 0.3) is 5.91 Å². The molecule has 0 aromatic heterocycles. The molecule has 3 rings (SSSR count). The van der Waals surface area contributed by atoms with Gasteiger partial charge in [0, 0.05) is 24.3 Å². The van der Waals surface area contributed by atoms with Crippen LogP contribution in [0, 0.1) is 5.82 Å². The SMILES string of the molecule is NNC(=O)c1ccccc1CN1CCc2ccc(F)cc21. The lowest BCUT2D eigenvalue weighted by molar-refractivity contribution is 0.0952. The second kappa shape index (κ2) is 5.54. The maximum atomic E-state index is 13.4.